The monoisotopic (exact) mass is 249 g/mol. The summed E-state index contributed by atoms with van der Waals surface area (Å²) in [7, 11) is 1.48. The fraction of sp³-hybridized carbons (Fsp3) is 0.889. The van der Waals surface area contributed by atoms with Crippen LogP contribution in [-0.2, 0) is 8.85 Å². The van der Waals surface area contributed by atoms with E-state index in [0.29, 0.717) is 6.54 Å². The fourth-order valence-corrected chi connectivity index (χ4v) is 2.61. The zero-order chi connectivity index (χ0) is 12.4. The molecular weight excluding hydrogens is 226 g/mol. The Balaban J connectivity index is 3.36. The second kappa shape index (κ2) is 8.51. The van der Waals surface area contributed by atoms with Gasteiger partial charge in [-0.3, -0.25) is 0 Å². The molecule has 7 heteroatoms. The molecule has 0 aliphatic rings. The second-order valence-corrected chi connectivity index (χ2v) is 7.27. The van der Waals surface area contributed by atoms with Gasteiger partial charge >= 0.3 is 14.6 Å². The number of hydrogen-bond donors (Lipinski definition) is 3. The normalized spacial score (nSPS) is 11.4. The Kier molecular flexibility index (Phi) is 8.17. The highest BCUT2D eigenvalue weighted by Crippen LogP contribution is 2.12. The molecule has 0 aromatic rings. The van der Waals surface area contributed by atoms with E-state index in [1.165, 1.54) is 0 Å². The third-order valence-electron chi connectivity index (χ3n) is 2.45. The first-order valence-electron chi connectivity index (χ1n) is 5.38. The van der Waals surface area contributed by atoms with Gasteiger partial charge in [0.1, 0.15) is 0 Å². The Labute approximate surface area is 98.1 Å². The molecular formula is C9H23N3O3Si. The minimum atomic E-state index is -1.91. The molecule has 96 valence electrons. The minimum absolute atomic E-state index is 0.486. The van der Waals surface area contributed by atoms with Crippen molar-refractivity contribution in [3.63, 3.8) is 0 Å². The van der Waals surface area contributed by atoms with E-state index in [9.17, 15) is 4.79 Å². The molecule has 0 unspecified atom stereocenters. The molecule has 0 saturated carbocycles. The lowest BCUT2D eigenvalue weighted by molar-refractivity contribution is 0.248. The number of primary amides is 1. The number of rotatable bonds is 9. The molecule has 0 aliphatic heterocycles. The van der Waals surface area contributed by atoms with E-state index in [2.05, 4.69) is 10.6 Å². The Morgan fingerprint density at radius 1 is 1.25 bits per heavy atom. The van der Waals surface area contributed by atoms with Crippen LogP contribution in [-0.4, -0.2) is 48.4 Å². The first-order valence-corrected chi connectivity index (χ1v) is 7.91. The molecule has 0 atom stereocenters. The molecule has 4 N–H and O–H groups in total. The molecule has 0 saturated heterocycles. The van der Waals surface area contributed by atoms with Crippen molar-refractivity contribution in [2.75, 3.05) is 33.9 Å². The molecule has 16 heavy (non-hydrogen) atoms. The van der Waals surface area contributed by atoms with Gasteiger partial charge in [-0.1, -0.05) is 0 Å². The van der Waals surface area contributed by atoms with Gasteiger partial charge in [0.2, 0.25) is 0 Å². The van der Waals surface area contributed by atoms with E-state index in [0.717, 1.165) is 25.6 Å². The number of amides is 2. The number of nitrogens with one attached hydrogen (secondary N) is 2. The van der Waals surface area contributed by atoms with E-state index in [-0.39, 0.29) is 0 Å². The van der Waals surface area contributed by atoms with Crippen molar-refractivity contribution in [1.29, 1.82) is 0 Å². The molecule has 0 spiro atoms. The highest BCUT2D eigenvalue weighted by Gasteiger charge is 2.27. The van der Waals surface area contributed by atoms with Gasteiger partial charge in [0.15, 0.2) is 0 Å². The lowest BCUT2D eigenvalue weighted by atomic mass is 10.4. The maximum atomic E-state index is 10.4. The van der Waals surface area contributed by atoms with Crippen LogP contribution in [0.15, 0.2) is 0 Å². The van der Waals surface area contributed by atoms with Crippen LogP contribution in [0.5, 0.6) is 0 Å². The predicted octanol–water partition coefficient (Wildman–Crippen LogP) is -0.000800. The van der Waals surface area contributed by atoms with E-state index in [1.54, 1.807) is 14.2 Å². The largest absolute Gasteiger partial charge is 0.398 e. The molecule has 0 rings (SSSR count). The van der Waals surface area contributed by atoms with Crippen LogP contribution in [0.4, 0.5) is 4.79 Å². The van der Waals surface area contributed by atoms with Crippen LogP contribution in [0.2, 0.25) is 12.6 Å². The number of carbonyl (C=O) groups is 1. The average Bonchev–Trinajstić information content (AvgIpc) is 2.27. The van der Waals surface area contributed by atoms with Crippen molar-refractivity contribution in [3.05, 3.63) is 0 Å². The van der Waals surface area contributed by atoms with Crippen molar-refractivity contribution < 1.29 is 13.6 Å². The first kappa shape index (κ1) is 15.4. The van der Waals surface area contributed by atoms with Gasteiger partial charge in [0.25, 0.3) is 0 Å². The maximum Gasteiger partial charge on any atom is 0.334 e. The van der Waals surface area contributed by atoms with Crippen LogP contribution in [0.25, 0.3) is 0 Å². The smallest absolute Gasteiger partial charge is 0.334 e. The zero-order valence-corrected chi connectivity index (χ0v) is 11.3. The molecule has 6 nitrogen and oxygen atoms in total. The minimum Gasteiger partial charge on any atom is -0.398 e. The van der Waals surface area contributed by atoms with Crippen LogP contribution in [0.3, 0.4) is 0 Å². The summed E-state index contributed by atoms with van der Waals surface area (Å²) in [6.07, 6.45) is 1.00. The summed E-state index contributed by atoms with van der Waals surface area (Å²) in [6.45, 7) is 4.21. The fourth-order valence-electron chi connectivity index (χ4n) is 1.22. The van der Waals surface area contributed by atoms with Gasteiger partial charge in [-0.15, -0.1) is 0 Å². The molecule has 0 aromatic carbocycles. The van der Waals surface area contributed by atoms with Crippen molar-refractivity contribution in [2.24, 2.45) is 5.73 Å². The van der Waals surface area contributed by atoms with Crippen LogP contribution < -0.4 is 16.4 Å². The molecule has 0 aromatic heterocycles. The summed E-state index contributed by atoms with van der Waals surface area (Å²) in [5.74, 6) is 0. The van der Waals surface area contributed by atoms with Gasteiger partial charge in [-0.25, -0.2) is 4.79 Å². The van der Waals surface area contributed by atoms with Crippen molar-refractivity contribution in [3.8, 4) is 0 Å². The van der Waals surface area contributed by atoms with E-state index < -0.39 is 14.6 Å². The molecule has 0 bridgehead atoms. The molecule has 0 radical (unpaired) electrons. The molecule has 0 fully saturated rings. The summed E-state index contributed by atoms with van der Waals surface area (Å²) in [5.41, 5.74) is 4.92. The lowest BCUT2D eigenvalue weighted by Gasteiger charge is -2.22. The summed E-state index contributed by atoms with van der Waals surface area (Å²) in [6, 6.07) is 0.469. The third kappa shape index (κ3) is 7.63. The summed E-state index contributed by atoms with van der Waals surface area (Å²) < 4.78 is 10.7. The zero-order valence-electron chi connectivity index (χ0n) is 10.3. The van der Waals surface area contributed by atoms with Gasteiger partial charge in [0.05, 0.1) is 0 Å². The third-order valence-corrected chi connectivity index (χ3v) is 5.44. The summed E-state index contributed by atoms with van der Waals surface area (Å²) in [4.78, 5) is 10.4. The standard InChI is InChI=1S/C9H23N3O3Si/c1-14-16(3,15-2)8-4-5-11-6-7-12-9(10)13/h11H,4-8H2,1-3H3,(H3,10,12,13). The first-order chi connectivity index (χ1) is 7.54. The average molecular weight is 249 g/mol. The highest BCUT2D eigenvalue weighted by molar-refractivity contribution is 6.65. The van der Waals surface area contributed by atoms with Crippen LogP contribution >= 0.6 is 0 Å². The highest BCUT2D eigenvalue weighted by atomic mass is 28.4. The second-order valence-electron chi connectivity index (χ2n) is 3.69. The van der Waals surface area contributed by atoms with Gasteiger partial charge < -0.3 is 25.2 Å². The number of urea groups is 1. The van der Waals surface area contributed by atoms with Gasteiger partial charge in [-0.05, 0) is 25.6 Å². The predicted molar refractivity (Wildman–Crippen MR) is 65.5 cm³/mol. The van der Waals surface area contributed by atoms with Crippen LogP contribution in [0, 0.1) is 0 Å². The number of hydrogen-bond acceptors (Lipinski definition) is 4. The van der Waals surface area contributed by atoms with Crippen molar-refractivity contribution in [1.82, 2.24) is 10.6 Å². The van der Waals surface area contributed by atoms with Crippen molar-refractivity contribution in [2.45, 2.75) is 19.0 Å². The van der Waals surface area contributed by atoms with Gasteiger partial charge in [-0.2, -0.15) is 0 Å². The van der Waals surface area contributed by atoms with Crippen molar-refractivity contribution >= 4 is 14.6 Å². The maximum absolute atomic E-state index is 10.4. The van der Waals surface area contributed by atoms with E-state index in [1.807, 2.05) is 6.55 Å². The lowest BCUT2D eigenvalue weighted by Crippen LogP contribution is -2.38. The summed E-state index contributed by atoms with van der Waals surface area (Å²) in [5, 5.41) is 5.71. The number of nitrogens with two attached hydrogens (primary N) is 1. The topological polar surface area (TPSA) is 85.6 Å². The molecule has 0 aliphatic carbocycles. The Morgan fingerprint density at radius 2 is 1.88 bits per heavy atom. The molecule has 0 heterocycles. The SMILES string of the molecule is CO[Si](C)(CCCNCCNC(N)=O)OC. The Bertz CT molecular complexity index is 200. The van der Waals surface area contributed by atoms with Crippen LogP contribution in [0.1, 0.15) is 6.42 Å². The molecule has 2 amide bonds. The van der Waals surface area contributed by atoms with E-state index >= 15 is 0 Å². The van der Waals surface area contributed by atoms with E-state index in [4.69, 9.17) is 14.6 Å². The number of carbonyl (C=O) groups excluding carboxylic acids is 1. The quantitative estimate of drug-likeness (QED) is 0.396. The Hall–Kier alpha value is -0.633. The van der Waals surface area contributed by atoms with Gasteiger partial charge in [0, 0.05) is 27.3 Å². The Morgan fingerprint density at radius 3 is 2.38 bits per heavy atom. The summed E-state index contributed by atoms with van der Waals surface area (Å²) >= 11 is 0.